The normalized spacial score (nSPS) is 11.9. The zero-order chi connectivity index (χ0) is 28.1. The number of carboxylic acids is 1. The van der Waals surface area contributed by atoms with Crippen molar-refractivity contribution >= 4 is 23.5 Å². The lowest BCUT2D eigenvalue weighted by atomic mass is 10.0. The molecule has 38 heavy (non-hydrogen) atoms. The molecule has 0 fully saturated rings. The van der Waals surface area contributed by atoms with Crippen LogP contribution in [0, 0.1) is 0 Å². The highest BCUT2D eigenvalue weighted by Gasteiger charge is 2.38. The van der Waals surface area contributed by atoms with Gasteiger partial charge in [-0.15, -0.1) is 0 Å². The highest BCUT2D eigenvalue weighted by Crippen LogP contribution is 2.38. The van der Waals surface area contributed by atoms with Crippen LogP contribution >= 0.6 is 11.6 Å². The van der Waals surface area contributed by atoms with Crippen molar-refractivity contribution in [2.75, 3.05) is 18.1 Å². The first-order valence-electron chi connectivity index (χ1n) is 11.1. The minimum Gasteiger partial charge on any atom is -0.478 e. The summed E-state index contributed by atoms with van der Waals surface area (Å²) in [5, 5.41) is 8.94. The molecule has 0 saturated carbocycles. The Morgan fingerprint density at radius 2 is 1.71 bits per heavy atom. The predicted molar refractivity (Wildman–Crippen MR) is 125 cm³/mol. The predicted octanol–water partition coefficient (Wildman–Crippen LogP) is 6.30. The number of aromatic carboxylic acids is 1. The summed E-state index contributed by atoms with van der Waals surface area (Å²) in [5.74, 6) is -1.18. The molecule has 0 unspecified atom stereocenters. The first kappa shape index (κ1) is 29.0. The number of alkyl halides is 6. The number of aromatic nitrogens is 3. The van der Waals surface area contributed by atoms with Crippen LogP contribution in [0.15, 0.2) is 42.9 Å². The third-order valence-corrected chi connectivity index (χ3v) is 5.62. The summed E-state index contributed by atoms with van der Waals surface area (Å²) in [5.41, 5.74) is -2.56. The Morgan fingerprint density at radius 3 is 2.26 bits per heavy atom. The second-order valence-electron chi connectivity index (χ2n) is 8.05. The van der Waals surface area contributed by atoms with E-state index in [1.165, 1.54) is 17.3 Å². The third kappa shape index (κ3) is 7.46. The van der Waals surface area contributed by atoms with Crippen LogP contribution in [-0.2, 0) is 25.3 Å². The van der Waals surface area contributed by atoms with Crippen LogP contribution in [0.3, 0.4) is 0 Å². The maximum Gasteiger partial charge on any atom is 0.416 e. The zero-order valence-electron chi connectivity index (χ0n) is 19.8. The van der Waals surface area contributed by atoms with E-state index >= 15 is 0 Å². The fourth-order valence-corrected chi connectivity index (χ4v) is 3.60. The molecule has 2 aromatic heterocycles. The molecule has 7 nitrogen and oxygen atoms in total. The highest BCUT2D eigenvalue weighted by molar-refractivity contribution is 6.32. The molecule has 14 heteroatoms. The standard InChI is InChI=1S/C24H21ClF6N4O3/c1-2-14-10-33-22(34-11-14)35(6-3-7-38-20-19(25)8-16(12-32-20)21(36)37)13-15-4-5-17(23(26,27)28)9-18(15)24(29,30)31/h4-5,8-12H,2-3,6-7,13H2,1H3,(H,36,37). The summed E-state index contributed by atoms with van der Waals surface area (Å²) < 4.78 is 85.7. The minimum absolute atomic E-state index is 0.0121. The van der Waals surface area contributed by atoms with Crippen molar-refractivity contribution in [2.45, 2.75) is 38.7 Å². The third-order valence-electron chi connectivity index (χ3n) is 5.35. The number of pyridine rings is 1. The molecular weight excluding hydrogens is 542 g/mol. The first-order valence-corrected chi connectivity index (χ1v) is 11.5. The van der Waals surface area contributed by atoms with Gasteiger partial charge in [0, 0.05) is 31.7 Å². The molecule has 3 rings (SSSR count). The van der Waals surface area contributed by atoms with Crippen molar-refractivity contribution in [3.05, 3.63) is 75.7 Å². The van der Waals surface area contributed by atoms with Gasteiger partial charge in [-0.25, -0.2) is 19.7 Å². The number of rotatable bonds is 10. The molecule has 2 heterocycles. The van der Waals surface area contributed by atoms with Crippen molar-refractivity contribution in [1.82, 2.24) is 15.0 Å². The molecule has 1 aromatic carbocycles. The molecule has 204 valence electrons. The molecule has 0 aliphatic heterocycles. The Balaban J connectivity index is 1.82. The van der Waals surface area contributed by atoms with Gasteiger partial charge in [-0.3, -0.25) is 0 Å². The average Bonchev–Trinajstić information content (AvgIpc) is 2.85. The molecule has 0 saturated heterocycles. The summed E-state index contributed by atoms with van der Waals surface area (Å²) in [4.78, 5) is 24.6. The van der Waals surface area contributed by atoms with Crippen molar-refractivity contribution in [3.8, 4) is 5.88 Å². The van der Waals surface area contributed by atoms with E-state index in [-0.39, 0.29) is 53.6 Å². The van der Waals surface area contributed by atoms with Gasteiger partial charge in [0.25, 0.3) is 0 Å². The summed E-state index contributed by atoms with van der Waals surface area (Å²) >= 11 is 5.98. The van der Waals surface area contributed by atoms with Gasteiger partial charge in [-0.2, -0.15) is 26.3 Å². The van der Waals surface area contributed by atoms with E-state index in [2.05, 4.69) is 15.0 Å². The number of anilines is 1. The van der Waals surface area contributed by atoms with Crippen LogP contribution in [-0.4, -0.2) is 39.2 Å². The minimum atomic E-state index is -5.02. The van der Waals surface area contributed by atoms with Gasteiger partial charge in [0.15, 0.2) is 0 Å². The molecule has 1 N–H and O–H groups in total. The Bertz CT molecular complexity index is 1270. The van der Waals surface area contributed by atoms with Gasteiger partial charge in [0.05, 0.1) is 23.3 Å². The van der Waals surface area contributed by atoms with Gasteiger partial charge in [0.2, 0.25) is 11.8 Å². The molecular formula is C24H21ClF6N4O3. The number of aryl methyl sites for hydroxylation is 1. The Hall–Kier alpha value is -3.61. The molecule has 0 aliphatic rings. The summed E-state index contributed by atoms with van der Waals surface area (Å²) in [6.45, 7) is 1.49. The van der Waals surface area contributed by atoms with Gasteiger partial charge in [-0.1, -0.05) is 24.6 Å². The fraction of sp³-hybridized carbons (Fsp3) is 0.333. The fourth-order valence-electron chi connectivity index (χ4n) is 3.38. The smallest absolute Gasteiger partial charge is 0.416 e. The second-order valence-corrected chi connectivity index (χ2v) is 8.46. The average molecular weight is 563 g/mol. The largest absolute Gasteiger partial charge is 0.478 e. The first-order chi connectivity index (χ1) is 17.8. The van der Waals surface area contributed by atoms with Crippen LogP contribution in [0.2, 0.25) is 5.02 Å². The number of hydrogen-bond acceptors (Lipinski definition) is 6. The van der Waals surface area contributed by atoms with Crippen LogP contribution in [0.25, 0.3) is 0 Å². The van der Waals surface area contributed by atoms with Crippen LogP contribution in [0.5, 0.6) is 5.88 Å². The van der Waals surface area contributed by atoms with Crippen molar-refractivity contribution in [1.29, 1.82) is 0 Å². The van der Waals surface area contributed by atoms with Crippen LogP contribution in [0.1, 0.15) is 46.0 Å². The van der Waals surface area contributed by atoms with E-state index in [1.54, 1.807) is 0 Å². The zero-order valence-corrected chi connectivity index (χ0v) is 20.5. The van der Waals surface area contributed by atoms with Gasteiger partial charge >= 0.3 is 18.3 Å². The van der Waals surface area contributed by atoms with E-state index in [1.807, 2.05) is 6.92 Å². The van der Waals surface area contributed by atoms with Gasteiger partial charge in [0.1, 0.15) is 5.02 Å². The Labute approximate surface area is 218 Å². The molecule has 0 aliphatic carbocycles. The molecule has 0 bridgehead atoms. The maximum absolute atomic E-state index is 13.7. The maximum atomic E-state index is 13.7. The molecule has 0 radical (unpaired) electrons. The molecule has 0 amide bonds. The number of ether oxygens (including phenoxy) is 1. The molecule has 0 atom stereocenters. The lowest BCUT2D eigenvalue weighted by molar-refractivity contribution is -0.143. The van der Waals surface area contributed by atoms with Gasteiger partial charge in [-0.05, 0) is 42.2 Å². The summed E-state index contributed by atoms with van der Waals surface area (Å²) in [6.07, 6.45) is -5.05. The van der Waals surface area contributed by atoms with E-state index in [0.29, 0.717) is 12.5 Å². The highest BCUT2D eigenvalue weighted by atomic mass is 35.5. The number of carboxylic acid groups (broad SMARTS) is 1. The van der Waals surface area contributed by atoms with E-state index in [4.69, 9.17) is 21.4 Å². The topological polar surface area (TPSA) is 88.4 Å². The Kier molecular flexibility index (Phi) is 9.02. The molecule has 0 spiro atoms. The number of hydrogen-bond donors (Lipinski definition) is 1. The lowest BCUT2D eigenvalue weighted by Gasteiger charge is -2.25. The number of halogens is 7. The van der Waals surface area contributed by atoms with E-state index in [0.717, 1.165) is 23.9 Å². The monoisotopic (exact) mass is 562 g/mol. The van der Waals surface area contributed by atoms with Crippen LogP contribution in [0.4, 0.5) is 32.3 Å². The Morgan fingerprint density at radius 1 is 1.03 bits per heavy atom. The number of carbonyl (C=O) groups is 1. The van der Waals surface area contributed by atoms with Crippen LogP contribution < -0.4 is 9.64 Å². The van der Waals surface area contributed by atoms with Gasteiger partial charge < -0.3 is 14.7 Å². The van der Waals surface area contributed by atoms with Crippen molar-refractivity contribution in [3.63, 3.8) is 0 Å². The lowest BCUT2D eigenvalue weighted by Crippen LogP contribution is -2.28. The van der Waals surface area contributed by atoms with E-state index in [9.17, 15) is 31.1 Å². The van der Waals surface area contributed by atoms with Crippen molar-refractivity contribution in [2.24, 2.45) is 0 Å². The number of nitrogens with zero attached hydrogens (tertiary/aromatic N) is 4. The summed E-state index contributed by atoms with van der Waals surface area (Å²) in [7, 11) is 0. The number of benzene rings is 1. The van der Waals surface area contributed by atoms with Crippen molar-refractivity contribution < 1.29 is 41.0 Å². The SMILES string of the molecule is CCc1cnc(N(CCCOc2ncc(C(=O)O)cc2Cl)Cc2ccc(C(F)(F)F)cc2C(F)(F)F)nc1. The molecule has 3 aromatic rings. The second kappa shape index (κ2) is 11.8. The van der Waals surface area contributed by atoms with E-state index < -0.39 is 36.0 Å². The quantitative estimate of drug-likeness (QED) is 0.229. The summed E-state index contributed by atoms with van der Waals surface area (Å²) in [6, 6.07) is 2.64.